The molecule has 0 aliphatic carbocycles. The Morgan fingerprint density at radius 1 is 0.733 bits per heavy atom. The molecule has 30 heavy (non-hydrogen) atoms. The van der Waals surface area contributed by atoms with Crippen molar-refractivity contribution >= 4 is 0 Å². The standard InChI is InChI=1S/C22H30O8/c1-29-16-7-3-14(4-8-16)11-18(24)20(26)22(28,21(27)19(25)13-23)12-15-5-9-17(30-2)10-6-15/h3-10,18-21,23-28H,11-13H2,1-2H3/t18?,19-,20+,21+,22+/m0/s1. The Morgan fingerprint density at radius 2 is 1.17 bits per heavy atom. The van der Waals surface area contributed by atoms with E-state index in [-0.39, 0.29) is 12.8 Å². The van der Waals surface area contributed by atoms with Crippen molar-refractivity contribution < 1.29 is 40.1 Å². The second kappa shape index (κ2) is 10.7. The van der Waals surface area contributed by atoms with E-state index in [1.165, 1.54) is 14.2 Å². The predicted octanol–water partition coefficient (Wildman–Crippen LogP) is -0.344. The van der Waals surface area contributed by atoms with Crippen LogP contribution in [0.1, 0.15) is 11.1 Å². The molecule has 0 aliphatic rings. The molecule has 0 radical (unpaired) electrons. The van der Waals surface area contributed by atoms with E-state index in [1.54, 1.807) is 48.5 Å². The number of benzene rings is 2. The van der Waals surface area contributed by atoms with Crippen molar-refractivity contribution in [2.24, 2.45) is 0 Å². The first kappa shape index (κ1) is 24.1. The summed E-state index contributed by atoms with van der Waals surface area (Å²) in [5.41, 5.74) is -1.13. The molecule has 2 aromatic carbocycles. The van der Waals surface area contributed by atoms with Gasteiger partial charge >= 0.3 is 0 Å². The van der Waals surface area contributed by atoms with Crippen LogP contribution in [0.3, 0.4) is 0 Å². The van der Waals surface area contributed by atoms with Gasteiger partial charge in [-0.05, 0) is 35.4 Å². The molecule has 0 saturated heterocycles. The highest BCUT2D eigenvalue weighted by Crippen LogP contribution is 2.28. The van der Waals surface area contributed by atoms with Gasteiger partial charge in [0.15, 0.2) is 0 Å². The van der Waals surface area contributed by atoms with E-state index in [0.29, 0.717) is 22.6 Å². The highest BCUT2D eigenvalue weighted by atomic mass is 16.5. The van der Waals surface area contributed by atoms with Crippen LogP contribution < -0.4 is 9.47 Å². The molecular formula is C22H30O8. The zero-order valence-electron chi connectivity index (χ0n) is 17.0. The summed E-state index contributed by atoms with van der Waals surface area (Å²) >= 11 is 0. The molecule has 6 N–H and O–H groups in total. The lowest BCUT2D eigenvalue weighted by Gasteiger charge is -2.40. The lowest BCUT2D eigenvalue weighted by Crippen LogP contribution is -2.62. The van der Waals surface area contributed by atoms with E-state index >= 15 is 0 Å². The van der Waals surface area contributed by atoms with Gasteiger partial charge in [-0.15, -0.1) is 0 Å². The Labute approximate surface area is 175 Å². The van der Waals surface area contributed by atoms with Crippen molar-refractivity contribution in [3.05, 3.63) is 59.7 Å². The molecule has 166 valence electrons. The molecule has 0 aliphatic heterocycles. The van der Waals surface area contributed by atoms with Crippen LogP contribution in [0.15, 0.2) is 48.5 Å². The molecule has 8 nitrogen and oxygen atoms in total. The first-order chi connectivity index (χ1) is 14.2. The van der Waals surface area contributed by atoms with Gasteiger partial charge in [0.05, 0.1) is 26.9 Å². The number of ether oxygens (including phenoxy) is 2. The molecule has 0 heterocycles. The molecule has 0 bridgehead atoms. The minimum Gasteiger partial charge on any atom is -0.497 e. The monoisotopic (exact) mass is 422 g/mol. The first-order valence-corrected chi connectivity index (χ1v) is 9.56. The quantitative estimate of drug-likeness (QED) is 0.289. The summed E-state index contributed by atoms with van der Waals surface area (Å²) in [6, 6.07) is 13.3. The van der Waals surface area contributed by atoms with Crippen molar-refractivity contribution in [2.75, 3.05) is 20.8 Å². The second-order valence-electron chi connectivity index (χ2n) is 7.28. The van der Waals surface area contributed by atoms with Gasteiger partial charge in [0.25, 0.3) is 0 Å². The van der Waals surface area contributed by atoms with E-state index in [2.05, 4.69) is 0 Å². The van der Waals surface area contributed by atoms with Gasteiger partial charge in [-0.2, -0.15) is 0 Å². The maximum Gasteiger partial charge on any atom is 0.125 e. The Bertz CT molecular complexity index is 764. The fourth-order valence-electron chi connectivity index (χ4n) is 3.34. The first-order valence-electron chi connectivity index (χ1n) is 9.56. The van der Waals surface area contributed by atoms with Crippen molar-refractivity contribution in [2.45, 2.75) is 42.9 Å². The SMILES string of the molecule is COc1ccc(CC(O)[C@@H](O)[C@](O)(Cc2ccc(OC)cc2)[C@H](O)[C@@H](O)CO)cc1. The number of rotatable bonds is 11. The summed E-state index contributed by atoms with van der Waals surface area (Å²) in [5, 5.41) is 62.1. The van der Waals surface area contributed by atoms with Crippen LogP contribution in [0.4, 0.5) is 0 Å². The van der Waals surface area contributed by atoms with Gasteiger partial charge in [0, 0.05) is 12.8 Å². The maximum absolute atomic E-state index is 11.2. The fourth-order valence-corrected chi connectivity index (χ4v) is 3.34. The summed E-state index contributed by atoms with van der Waals surface area (Å²) in [6.07, 6.45) is -7.20. The highest BCUT2D eigenvalue weighted by molar-refractivity contribution is 5.30. The number of aliphatic hydroxyl groups excluding tert-OH is 5. The van der Waals surface area contributed by atoms with Gasteiger partial charge in [-0.3, -0.25) is 0 Å². The van der Waals surface area contributed by atoms with E-state index in [4.69, 9.17) is 9.47 Å². The molecule has 0 aromatic heterocycles. The minimum atomic E-state index is -2.33. The molecular weight excluding hydrogens is 392 g/mol. The summed E-state index contributed by atoms with van der Waals surface area (Å²) < 4.78 is 10.2. The smallest absolute Gasteiger partial charge is 0.125 e. The summed E-state index contributed by atoms with van der Waals surface area (Å²) in [5.74, 6) is 1.21. The largest absolute Gasteiger partial charge is 0.497 e. The summed E-state index contributed by atoms with van der Waals surface area (Å²) in [6.45, 7) is -0.826. The lowest BCUT2D eigenvalue weighted by molar-refractivity contribution is -0.203. The molecule has 2 rings (SSSR count). The molecule has 0 amide bonds. The van der Waals surface area contributed by atoms with Crippen LogP contribution in [0, 0.1) is 0 Å². The Morgan fingerprint density at radius 3 is 1.60 bits per heavy atom. The number of methoxy groups -OCH3 is 2. The van der Waals surface area contributed by atoms with Crippen molar-refractivity contribution in [1.82, 2.24) is 0 Å². The number of aliphatic hydroxyl groups is 6. The zero-order valence-corrected chi connectivity index (χ0v) is 17.0. The molecule has 0 saturated carbocycles. The average Bonchev–Trinajstić information content (AvgIpc) is 2.78. The van der Waals surface area contributed by atoms with Gasteiger partial charge in [0.2, 0.25) is 0 Å². The fraction of sp³-hybridized carbons (Fsp3) is 0.455. The van der Waals surface area contributed by atoms with Crippen molar-refractivity contribution in [3.8, 4) is 11.5 Å². The van der Waals surface area contributed by atoms with Crippen LogP contribution >= 0.6 is 0 Å². The normalized spacial score (nSPS) is 17.5. The molecule has 0 spiro atoms. The Hall–Kier alpha value is -2.20. The lowest BCUT2D eigenvalue weighted by atomic mass is 9.78. The van der Waals surface area contributed by atoms with Crippen LogP contribution in [0.25, 0.3) is 0 Å². The third-order valence-corrected chi connectivity index (χ3v) is 5.19. The van der Waals surface area contributed by atoms with Gasteiger partial charge < -0.3 is 40.1 Å². The van der Waals surface area contributed by atoms with E-state index < -0.39 is 36.6 Å². The van der Waals surface area contributed by atoms with Crippen LogP contribution in [-0.2, 0) is 12.8 Å². The third kappa shape index (κ3) is 5.69. The van der Waals surface area contributed by atoms with Gasteiger partial charge in [0.1, 0.15) is 35.4 Å². The predicted molar refractivity (Wildman–Crippen MR) is 109 cm³/mol. The Kier molecular flexibility index (Phi) is 8.60. The zero-order chi connectivity index (χ0) is 22.3. The number of hydrogen-bond acceptors (Lipinski definition) is 8. The van der Waals surface area contributed by atoms with Crippen LogP contribution in [0.5, 0.6) is 11.5 Å². The maximum atomic E-state index is 11.2. The molecule has 1 unspecified atom stereocenters. The second-order valence-corrected chi connectivity index (χ2v) is 7.28. The summed E-state index contributed by atoms with van der Waals surface area (Å²) in [7, 11) is 3.03. The number of hydrogen-bond donors (Lipinski definition) is 6. The highest BCUT2D eigenvalue weighted by Gasteiger charge is 2.48. The van der Waals surface area contributed by atoms with Crippen molar-refractivity contribution in [1.29, 1.82) is 0 Å². The van der Waals surface area contributed by atoms with E-state index in [0.717, 1.165) is 0 Å². The molecule has 2 aromatic rings. The Balaban J connectivity index is 2.26. The molecule has 8 heteroatoms. The van der Waals surface area contributed by atoms with Crippen LogP contribution in [-0.4, -0.2) is 81.5 Å². The van der Waals surface area contributed by atoms with E-state index in [1.807, 2.05) is 0 Å². The summed E-state index contributed by atoms with van der Waals surface area (Å²) in [4.78, 5) is 0. The van der Waals surface area contributed by atoms with Gasteiger partial charge in [-0.25, -0.2) is 0 Å². The van der Waals surface area contributed by atoms with Crippen molar-refractivity contribution in [3.63, 3.8) is 0 Å². The van der Waals surface area contributed by atoms with E-state index in [9.17, 15) is 30.6 Å². The minimum absolute atomic E-state index is 0.0158. The topological polar surface area (TPSA) is 140 Å². The molecule has 0 fully saturated rings. The third-order valence-electron chi connectivity index (χ3n) is 5.19. The van der Waals surface area contributed by atoms with Gasteiger partial charge in [-0.1, -0.05) is 24.3 Å². The molecule has 5 atom stereocenters. The average molecular weight is 422 g/mol. The van der Waals surface area contributed by atoms with Crippen LogP contribution in [0.2, 0.25) is 0 Å².